The predicted molar refractivity (Wildman–Crippen MR) is 188 cm³/mol. The standard InChI is InChI=1S/C36H31Cl2N7O4/c1-36(2,3)49-35(48)44-14-12-43(13-15-44)30-11-10-21(18-41-30)22-16-24-26(32(46)23-6-4-9-29(40)25(23)17-39)20-45(33(24)42-19-22)34(47)31-27(37)7-5-8-28(31)38/h4-11,16,18-20H,12-15,40H2,1-3H3. The molecule has 2 aromatic carbocycles. The topological polar surface area (TPSA) is 147 Å². The van der Waals surface area contributed by atoms with Crippen molar-refractivity contribution in [2.24, 2.45) is 0 Å². The van der Waals surface area contributed by atoms with Crippen molar-refractivity contribution in [2.75, 3.05) is 36.8 Å². The molecule has 11 nitrogen and oxygen atoms in total. The fourth-order valence-corrected chi connectivity index (χ4v) is 6.20. The number of ketones is 1. The monoisotopic (exact) mass is 695 g/mol. The fourth-order valence-electron chi connectivity index (χ4n) is 5.64. The number of aromatic nitrogens is 3. The molecule has 1 aliphatic heterocycles. The molecule has 6 rings (SSSR count). The van der Waals surface area contributed by atoms with Crippen LogP contribution in [0, 0.1) is 11.3 Å². The van der Waals surface area contributed by atoms with E-state index >= 15 is 0 Å². The first-order valence-electron chi connectivity index (χ1n) is 15.4. The lowest BCUT2D eigenvalue weighted by molar-refractivity contribution is 0.0240. The average Bonchev–Trinajstić information content (AvgIpc) is 3.46. The summed E-state index contributed by atoms with van der Waals surface area (Å²) < 4.78 is 6.73. The highest BCUT2D eigenvalue weighted by atomic mass is 35.5. The van der Waals surface area contributed by atoms with Crippen LogP contribution in [0.15, 0.2) is 73.2 Å². The van der Waals surface area contributed by atoms with E-state index in [4.69, 9.17) is 33.7 Å². The predicted octanol–water partition coefficient (Wildman–Crippen LogP) is 6.84. The second-order valence-electron chi connectivity index (χ2n) is 12.5. The third-order valence-corrected chi connectivity index (χ3v) is 8.70. The van der Waals surface area contributed by atoms with Crippen LogP contribution >= 0.6 is 23.2 Å². The number of nitrogens with zero attached hydrogens (tertiary/aromatic N) is 6. The summed E-state index contributed by atoms with van der Waals surface area (Å²) in [6, 6.07) is 16.9. The van der Waals surface area contributed by atoms with E-state index < -0.39 is 17.3 Å². The summed E-state index contributed by atoms with van der Waals surface area (Å²) in [5.41, 5.74) is 7.50. The van der Waals surface area contributed by atoms with Gasteiger partial charge in [-0.1, -0.05) is 35.3 Å². The van der Waals surface area contributed by atoms with Gasteiger partial charge < -0.3 is 20.3 Å². The van der Waals surface area contributed by atoms with Crippen molar-refractivity contribution in [2.45, 2.75) is 26.4 Å². The molecule has 0 bridgehead atoms. The van der Waals surface area contributed by atoms with Gasteiger partial charge in [-0.15, -0.1) is 0 Å². The van der Waals surface area contributed by atoms with Gasteiger partial charge in [0.05, 0.1) is 32.4 Å². The maximum absolute atomic E-state index is 14.0. The van der Waals surface area contributed by atoms with Crippen LogP contribution in [-0.2, 0) is 4.74 Å². The van der Waals surface area contributed by atoms with Gasteiger partial charge in [-0.3, -0.25) is 14.2 Å². The molecule has 4 heterocycles. The fraction of sp³-hybridized carbons (Fsp3) is 0.222. The van der Waals surface area contributed by atoms with Crippen molar-refractivity contribution in [3.8, 4) is 17.2 Å². The lowest BCUT2D eigenvalue weighted by Crippen LogP contribution is -2.50. The zero-order valence-electron chi connectivity index (χ0n) is 26.9. The lowest BCUT2D eigenvalue weighted by Gasteiger charge is -2.36. The van der Waals surface area contributed by atoms with Gasteiger partial charge in [0.15, 0.2) is 5.78 Å². The Morgan fingerprint density at radius 2 is 1.57 bits per heavy atom. The molecule has 1 saturated heterocycles. The largest absolute Gasteiger partial charge is 0.444 e. The molecule has 49 heavy (non-hydrogen) atoms. The summed E-state index contributed by atoms with van der Waals surface area (Å²) in [7, 11) is 0. The highest BCUT2D eigenvalue weighted by molar-refractivity contribution is 6.40. The molecule has 0 spiro atoms. The highest BCUT2D eigenvalue weighted by Gasteiger charge is 2.28. The first-order valence-corrected chi connectivity index (χ1v) is 16.1. The molecule has 0 saturated carbocycles. The number of nitriles is 1. The number of anilines is 2. The molecule has 1 aliphatic rings. The SMILES string of the molecule is CC(C)(C)OC(=O)N1CCN(c2ccc(-c3cnc4c(c3)c(C(=O)c3cccc(N)c3C#N)cn4C(=O)c3c(Cl)cccc3Cl)cn2)CC1. The highest BCUT2D eigenvalue weighted by Crippen LogP contribution is 2.32. The lowest BCUT2D eigenvalue weighted by atomic mass is 9.97. The minimum absolute atomic E-state index is 0.0321. The zero-order chi connectivity index (χ0) is 35.0. The van der Waals surface area contributed by atoms with Gasteiger partial charge in [0.25, 0.3) is 5.91 Å². The Labute approximate surface area is 292 Å². The number of pyridine rings is 2. The van der Waals surface area contributed by atoms with Crippen LogP contribution in [0.25, 0.3) is 22.2 Å². The second-order valence-corrected chi connectivity index (χ2v) is 13.3. The second kappa shape index (κ2) is 13.2. The maximum atomic E-state index is 14.0. The van der Waals surface area contributed by atoms with Gasteiger partial charge >= 0.3 is 6.09 Å². The normalized spacial score (nSPS) is 13.3. The van der Waals surface area contributed by atoms with E-state index in [2.05, 4.69) is 14.9 Å². The average molecular weight is 697 g/mol. The van der Waals surface area contributed by atoms with E-state index in [9.17, 15) is 19.6 Å². The summed E-state index contributed by atoms with van der Waals surface area (Å²) in [6.07, 6.45) is 4.35. The number of carbonyl (C=O) groups excluding carboxylic acids is 3. The molecule has 5 aromatic rings. The first-order chi connectivity index (χ1) is 23.4. The molecular formula is C36H31Cl2N7O4. The molecule has 248 valence electrons. The van der Waals surface area contributed by atoms with Crippen molar-refractivity contribution in [1.29, 1.82) is 5.26 Å². The number of fused-ring (bicyclic) bond motifs is 1. The van der Waals surface area contributed by atoms with E-state index in [0.717, 1.165) is 11.4 Å². The van der Waals surface area contributed by atoms with Gasteiger partial charge in [0, 0.05) is 66.8 Å². The molecule has 0 unspecified atom stereocenters. The molecule has 0 radical (unpaired) electrons. The van der Waals surface area contributed by atoms with Gasteiger partial charge in [0.2, 0.25) is 0 Å². The van der Waals surface area contributed by atoms with Crippen molar-refractivity contribution in [3.05, 3.63) is 105 Å². The maximum Gasteiger partial charge on any atom is 0.410 e. The summed E-state index contributed by atoms with van der Waals surface area (Å²) in [6.45, 7) is 7.72. The Balaban J connectivity index is 1.35. The van der Waals surface area contributed by atoms with Crippen LogP contribution in [0.3, 0.4) is 0 Å². The summed E-state index contributed by atoms with van der Waals surface area (Å²) in [5.74, 6) is -0.342. The summed E-state index contributed by atoms with van der Waals surface area (Å²) in [5, 5.41) is 10.4. The minimum atomic E-state index is -0.578. The molecule has 0 aliphatic carbocycles. The quantitative estimate of drug-likeness (QED) is 0.154. The van der Waals surface area contributed by atoms with E-state index in [0.29, 0.717) is 37.1 Å². The van der Waals surface area contributed by atoms with Crippen molar-refractivity contribution in [3.63, 3.8) is 0 Å². The number of nitrogens with two attached hydrogens (primary N) is 1. The number of nitrogen functional groups attached to an aromatic ring is 1. The van der Waals surface area contributed by atoms with E-state index in [1.807, 2.05) is 39.0 Å². The molecule has 0 atom stereocenters. The summed E-state index contributed by atoms with van der Waals surface area (Å²) in [4.78, 5) is 53.4. The molecule has 1 fully saturated rings. The van der Waals surface area contributed by atoms with Crippen LogP contribution in [0.2, 0.25) is 10.0 Å². The van der Waals surface area contributed by atoms with Gasteiger partial charge in [0.1, 0.15) is 23.1 Å². The Kier molecular flexibility index (Phi) is 9.03. The summed E-state index contributed by atoms with van der Waals surface area (Å²) >= 11 is 12.8. The molecule has 13 heteroatoms. The van der Waals surface area contributed by atoms with Gasteiger partial charge in [-0.25, -0.2) is 14.8 Å². The zero-order valence-corrected chi connectivity index (χ0v) is 28.4. The van der Waals surface area contributed by atoms with E-state index in [1.54, 1.807) is 53.7 Å². The smallest absolute Gasteiger partial charge is 0.410 e. The molecule has 2 N–H and O–H groups in total. The van der Waals surface area contributed by atoms with Crippen LogP contribution in [0.5, 0.6) is 0 Å². The molecular weight excluding hydrogens is 665 g/mol. The minimum Gasteiger partial charge on any atom is -0.444 e. The van der Waals surface area contributed by atoms with E-state index in [-0.39, 0.29) is 49.7 Å². The number of rotatable bonds is 5. The van der Waals surface area contributed by atoms with Gasteiger partial charge in [-0.2, -0.15) is 5.26 Å². The first kappa shape index (κ1) is 33.5. The van der Waals surface area contributed by atoms with Crippen LogP contribution in [0.4, 0.5) is 16.3 Å². The number of carbonyl (C=O) groups is 3. The number of piperazine rings is 1. The van der Waals surface area contributed by atoms with Crippen molar-refractivity contribution in [1.82, 2.24) is 19.4 Å². The third-order valence-electron chi connectivity index (χ3n) is 8.07. The van der Waals surface area contributed by atoms with Crippen LogP contribution in [-0.4, -0.2) is 69.0 Å². The number of amides is 1. The van der Waals surface area contributed by atoms with Crippen molar-refractivity contribution < 1.29 is 19.1 Å². The van der Waals surface area contributed by atoms with Gasteiger partial charge in [-0.05, 0) is 63.2 Å². The van der Waals surface area contributed by atoms with E-state index in [1.165, 1.54) is 16.8 Å². The Bertz CT molecular complexity index is 2140. The Hall–Kier alpha value is -5.44. The Morgan fingerprint density at radius 3 is 2.20 bits per heavy atom. The molecule has 3 aromatic heterocycles. The Morgan fingerprint density at radius 1 is 0.898 bits per heavy atom. The number of hydrogen-bond acceptors (Lipinski definition) is 9. The number of benzene rings is 2. The molecule has 1 amide bonds. The van der Waals surface area contributed by atoms with Crippen LogP contribution in [0.1, 0.15) is 52.6 Å². The number of ether oxygens (including phenoxy) is 1. The van der Waals surface area contributed by atoms with Crippen molar-refractivity contribution >= 4 is 63.5 Å². The number of hydrogen-bond donors (Lipinski definition) is 1. The third kappa shape index (κ3) is 6.66. The number of halogens is 2. The van der Waals surface area contributed by atoms with Crippen LogP contribution < -0.4 is 10.6 Å².